The van der Waals surface area contributed by atoms with Crippen LogP contribution in [-0.4, -0.2) is 18.9 Å². The summed E-state index contributed by atoms with van der Waals surface area (Å²) >= 11 is 13.7. The maximum atomic E-state index is 13.0. The Hall–Kier alpha value is -2.08. The Kier molecular flexibility index (Phi) is 5.23. The standard InChI is InChI=1S/C19H15Cl2NO3S/c1-10-6-7-26-16(10)9-15-18(23)17(19(24)25-3)11(2)22(15)12-4-5-13(20)14(21)8-12/h4-9H,1-3H3/b15-9-. The molecule has 4 nitrogen and oxygen atoms in total. The molecule has 3 rings (SSSR count). The number of esters is 1. The summed E-state index contributed by atoms with van der Waals surface area (Å²) in [5.74, 6) is -1.04. The molecule has 26 heavy (non-hydrogen) atoms. The summed E-state index contributed by atoms with van der Waals surface area (Å²) in [6.07, 6.45) is 1.78. The van der Waals surface area contributed by atoms with Crippen molar-refractivity contribution in [3.8, 4) is 0 Å². The topological polar surface area (TPSA) is 46.6 Å². The van der Waals surface area contributed by atoms with Gasteiger partial charge in [0.2, 0.25) is 5.78 Å². The Morgan fingerprint density at radius 1 is 1.19 bits per heavy atom. The quantitative estimate of drug-likeness (QED) is 0.396. The van der Waals surface area contributed by atoms with Gasteiger partial charge >= 0.3 is 5.97 Å². The van der Waals surface area contributed by atoms with Gasteiger partial charge in [-0.1, -0.05) is 23.2 Å². The molecule has 0 atom stereocenters. The third kappa shape index (κ3) is 3.18. The van der Waals surface area contributed by atoms with Crippen LogP contribution < -0.4 is 4.90 Å². The summed E-state index contributed by atoms with van der Waals surface area (Å²) in [6.45, 7) is 3.67. The van der Waals surface area contributed by atoms with Gasteiger partial charge in [0.05, 0.1) is 22.9 Å². The van der Waals surface area contributed by atoms with Crippen LogP contribution in [-0.2, 0) is 14.3 Å². The SMILES string of the molecule is COC(=O)C1=C(C)N(c2ccc(Cl)c(Cl)c2)/C(=C\c2sccc2C)C1=O. The minimum absolute atomic E-state index is 0.0130. The van der Waals surface area contributed by atoms with Crippen LogP contribution >= 0.6 is 34.5 Å². The summed E-state index contributed by atoms with van der Waals surface area (Å²) in [6, 6.07) is 7.04. The average Bonchev–Trinajstić information content (AvgIpc) is 3.11. The number of carbonyl (C=O) groups excluding carboxylic acids is 2. The van der Waals surface area contributed by atoms with E-state index in [9.17, 15) is 9.59 Å². The third-order valence-corrected chi connectivity index (χ3v) is 5.82. The first-order chi connectivity index (χ1) is 12.3. The van der Waals surface area contributed by atoms with E-state index in [4.69, 9.17) is 27.9 Å². The molecule has 0 radical (unpaired) electrons. The van der Waals surface area contributed by atoms with Crippen LogP contribution in [0.4, 0.5) is 5.69 Å². The average molecular weight is 408 g/mol. The third-order valence-electron chi connectivity index (χ3n) is 4.12. The van der Waals surface area contributed by atoms with Crippen LogP contribution in [0.2, 0.25) is 10.0 Å². The second-order valence-corrected chi connectivity index (χ2v) is 7.47. The van der Waals surface area contributed by atoms with Crippen molar-refractivity contribution in [3.63, 3.8) is 0 Å². The van der Waals surface area contributed by atoms with E-state index in [1.165, 1.54) is 18.4 Å². The van der Waals surface area contributed by atoms with Crippen molar-refractivity contribution in [3.05, 3.63) is 67.1 Å². The van der Waals surface area contributed by atoms with Crippen molar-refractivity contribution in [2.24, 2.45) is 0 Å². The Bertz CT molecular complexity index is 975. The van der Waals surface area contributed by atoms with Gasteiger partial charge in [0, 0.05) is 16.3 Å². The van der Waals surface area contributed by atoms with Crippen molar-refractivity contribution < 1.29 is 14.3 Å². The Morgan fingerprint density at radius 2 is 1.92 bits per heavy atom. The molecule has 0 N–H and O–H groups in total. The highest BCUT2D eigenvalue weighted by Crippen LogP contribution is 2.38. The Balaban J connectivity index is 2.20. The molecule has 0 bridgehead atoms. The van der Waals surface area contributed by atoms with Crippen molar-refractivity contribution >= 4 is 58.1 Å². The lowest BCUT2D eigenvalue weighted by molar-refractivity contribution is -0.137. The second-order valence-electron chi connectivity index (χ2n) is 5.71. The number of rotatable bonds is 3. The number of anilines is 1. The number of carbonyl (C=O) groups is 2. The minimum Gasteiger partial charge on any atom is -0.465 e. The fourth-order valence-corrected chi connectivity index (χ4v) is 3.92. The molecule has 1 aliphatic rings. The lowest BCUT2D eigenvalue weighted by Crippen LogP contribution is -2.18. The van der Waals surface area contributed by atoms with Crippen molar-refractivity contribution in [1.29, 1.82) is 0 Å². The van der Waals surface area contributed by atoms with Gasteiger partial charge in [-0.2, -0.15) is 0 Å². The number of nitrogens with zero attached hydrogens (tertiary/aromatic N) is 1. The molecule has 1 aromatic heterocycles. The molecule has 0 amide bonds. The number of hydrogen-bond donors (Lipinski definition) is 0. The highest BCUT2D eigenvalue weighted by Gasteiger charge is 2.38. The number of halogens is 2. The summed E-state index contributed by atoms with van der Waals surface area (Å²) in [4.78, 5) is 27.8. The predicted octanol–water partition coefficient (Wildman–Crippen LogP) is 5.24. The van der Waals surface area contributed by atoms with Crippen molar-refractivity contribution in [1.82, 2.24) is 0 Å². The first kappa shape index (κ1) is 18.7. The lowest BCUT2D eigenvalue weighted by atomic mass is 10.1. The number of aryl methyl sites for hydroxylation is 1. The Morgan fingerprint density at radius 3 is 2.50 bits per heavy atom. The fourth-order valence-electron chi connectivity index (χ4n) is 2.77. The molecule has 0 saturated heterocycles. The zero-order valence-corrected chi connectivity index (χ0v) is 16.6. The zero-order valence-electron chi connectivity index (χ0n) is 14.3. The number of benzene rings is 1. The van der Waals surface area contributed by atoms with E-state index >= 15 is 0 Å². The molecule has 2 heterocycles. The maximum Gasteiger partial charge on any atom is 0.343 e. The van der Waals surface area contributed by atoms with E-state index in [-0.39, 0.29) is 11.4 Å². The van der Waals surface area contributed by atoms with Crippen molar-refractivity contribution in [2.45, 2.75) is 13.8 Å². The van der Waals surface area contributed by atoms with Gasteiger partial charge in [-0.15, -0.1) is 11.3 Å². The molecule has 0 saturated carbocycles. The van der Waals surface area contributed by atoms with E-state index in [0.29, 0.717) is 27.1 Å². The molecule has 134 valence electrons. The molecular weight excluding hydrogens is 393 g/mol. The summed E-state index contributed by atoms with van der Waals surface area (Å²) < 4.78 is 4.79. The van der Waals surface area contributed by atoms with Gasteiger partial charge in [0.1, 0.15) is 5.57 Å². The normalized spacial score (nSPS) is 16.0. The van der Waals surface area contributed by atoms with Crippen LogP contribution in [0, 0.1) is 6.92 Å². The first-order valence-corrected chi connectivity index (χ1v) is 9.33. The van der Waals surface area contributed by atoms with Crippen LogP contribution in [0.3, 0.4) is 0 Å². The highest BCUT2D eigenvalue weighted by atomic mass is 35.5. The molecule has 0 spiro atoms. The van der Waals surface area contributed by atoms with Crippen LogP contribution in [0.25, 0.3) is 6.08 Å². The molecule has 0 unspecified atom stereocenters. The van der Waals surface area contributed by atoms with Gasteiger partial charge in [-0.05, 0) is 55.1 Å². The molecule has 1 aromatic carbocycles. The van der Waals surface area contributed by atoms with E-state index in [1.807, 2.05) is 18.4 Å². The number of Topliss-reactive ketones (excluding diaryl/α,β-unsaturated/α-hetero) is 1. The molecule has 0 fully saturated rings. The monoisotopic (exact) mass is 407 g/mol. The van der Waals surface area contributed by atoms with Gasteiger partial charge in [-0.3, -0.25) is 4.79 Å². The number of allylic oxidation sites excluding steroid dienone is 2. The van der Waals surface area contributed by atoms with E-state index < -0.39 is 5.97 Å². The molecule has 1 aliphatic heterocycles. The second kappa shape index (κ2) is 7.27. The van der Waals surface area contributed by atoms with Gasteiger partial charge < -0.3 is 9.64 Å². The predicted molar refractivity (Wildman–Crippen MR) is 106 cm³/mol. The summed E-state index contributed by atoms with van der Waals surface area (Å²) in [5.41, 5.74) is 2.56. The van der Waals surface area contributed by atoms with E-state index in [2.05, 4.69) is 0 Å². The zero-order chi connectivity index (χ0) is 19.0. The summed E-state index contributed by atoms with van der Waals surface area (Å²) in [7, 11) is 1.25. The van der Waals surface area contributed by atoms with E-state index in [0.717, 1.165) is 10.4 Å². The molecule has 0 aliphatic carbocycles. The minimum atomic E-state index is -0.663. The summed E-state index contributed by atoms with van der Waals surface area (Å²) in [5, 5.41) is 2.73. The van der Waals surface area contributed by atoms with Crippen LogP contribution in [0.15, 0.2) is 46.6 Å². The largest absolute Gasteiger partial charge is 0.465 e. The number of ether oxygens (including phenoxy) is 1. The smallest absolute Gasteiger partial charge is 0.343 e. The van der Waals surface area contributed by atoms with E-state index in [1.54, 1.807) is 36.1 Å². The Labute approximate surface area is 165 Å². The number of thiophene rings is 1. The highest BCUT2D eigenvalue weighted by molar-refractivity contribution is 7.11. The molecule has 7 heteroatoms. The molecular formula is C19H15Cl2NO3S. The number of ketones is 1. The lowest BCUT2D eigenvalue weighted by Gasteiger charge is -2.22. The van der Waals surface area contributed by atoms with Crippen molar-refractivity contribution in [2.75, 3.05) is 12.0 Å². The van der Waals surface area contributed by atoms with Gasteiger partial charge in [-0.25, -0.2) is 4.79 Å². The van der Waals surface area contributed by atoms with Crippen LogP contribution in [0.1, 0.15) is 17.4 Å². The number of hydrogen-bond acceptors (Lipinski definition) is 5. The maximum absolute atomic E-state index is 13.0. The first-order valence-electron chi connectivity index (χ1n) is 7.70. The fraction of sp³-hybridized carbons (Fsp3) is 0.158. The van der Waals surface area contributed by atoms with Gasteiger partial charge in [0.15, 0.2) is 0 Å². The van der Waals surface area contributed by atoms with Gasteiger partial charge in [0.25, 0.3) is 0 Å². The molecule has 2 aromatic rings. The van der Waals surface area contributed by atoms with Crippen LogP contribution in [0.5, 0.6) is 0 Å². The number of methoxy groups -OCH3 is 1.